The molecule has 17 heteroatoms. The highest BCUT2D eigenvalue weighted by Crippen LogP contribution is 2.37. The monoisotopic (exact) mass is 546 g/mol. The largest absolute Gasteiger partial charge is 0.394 e. The van der Waals surface area contributed by atoms with Crippen LogP contribution in [0, 0.1) is 0 Å². The molecule has 3 heterocycles. The summed E-state index contributed by atoms with van der Waals surface area (Å²) in [5.74, 6) is -3.85. The number of hydrogen-bond acceptors (Lipinski definition) is 17. The van der Waals surface area contributed by atoms with Crippen LogP contribution >= 0.6 is 0 Å². The van der Waals surface area contributed by atoms with Crippen LogP contribution in [0.5, 0.6) is 0 Å². The molecule has 0 bridgehead atoms. The van der Waals surface area contributed by atoms with Gasteiger partial charge in [0, 0.05) is 6.92 Å². The molecule has 0 aromatic heterocycles. The van der Waals surface area contributed by atoms with E-state index in [9.17, 15) is 61.0 Å². The zero-order valence-corrected chi connectivity index (χ0v) is 19.6. The van der Waals surface area contributed by atoms with Crippen LogP contribution in [-0.4, -0.2) is 173 Å². The van der Waals surface area contributed by atoms with E-state index in [1.165, 1.54) is 0 Å². The number of aliphatic hydroxyl groups is 11. The zero-order chi connectivity index (χ0) is 27.8. The Kier molecular flexibility index (Phi) is 9.95. The van der Waals surface area contributed by atoms with Gasteiger partial charge in [-0.1, -0.05) is 0 Å². The minimum absolute atomic E-state index is 0.803. The Labute approximate surface area is 209 Å². The highest BCUT2D eigenvalue weighted by molar-refractivity contribution is 5.84. The summed E-state index contributed by atoms with van der Waals surface area (Å²) in [6.45, 7) is -1.77. The Hall–Kier alpha value is -0.970. The first-order valence-corrected chi connectivity index (χ1v) is 11.4. The van der Waals surface area contributed by atoms with Gasteiger partial charge in [-0.3, -0.25) is 4.79 Å². The van der Waals surface area contributed by atoms with Crippen LogP contribution in [0.2, 0.25) is 0 Å². The number of carbonyl (C=O) groups excluding carboxylic acids is 1. The molecular weight excluding hydrogens is 512 g/mol. The van der Waals surface area contributed by atoms with E-state index in [0.717, 1.165) is 6.92 Å². The van der Waals surface area contributed by atoms with Crippen molar-refractivity contribution in [2.75, 3.05) is 19.8 Å². The van der Waals surface area contributed by atoms with Crippen LogP contribution in [0.15, 0.2) is 0 Å². The van der Waals surface area contributed by atoms with Crippen molar-refractivity contribution in [3.05, 3.63) is 0 Å². The van der Waals surface area contributed by atoms with Crippen LogP contribution in [-0.2, 0) is 28.5 Å². The van der Waals surface area contributed by atoms with Crippen LogP contribution in [0.4, 0.5) is 0 Å². The number of aliphatic hydroxyl groups excluding tert-OH is 11. The number of ether oxygens (including phenoxy) is 5. The van der Waals surface area contributed by atoms with Gasteiger partial charge in [-0.25, -0.2) is 0 Å². The van der Waals surface area contributed by atoms with E-state index < -0.39 is 117 Å². The summed E-state index contributed by atoms with van der Waals surface area (Å²) < 4.78 is 26.6. The zero-order valence-electron chi connectivity index (χ0n) is 19.6. The summed E-state index contributed by atoms with van der Waals surface area (Å²) in [6.07, 6.45) is -25.7. The summed E-state index contributed by atoms with van der Waals surface area (Å²) >= 11 is 0. The third-order valence-corrected chi connectivity index (χ3v) is 6.70. The van der Waals surface area contributed by atoms with Gasteiger partial charge in [0.15, 0.2) is 18.4 Å². The van der Waals surface area contributed by atoms with Gasteiger partial charge in [-0.2, -0.15) is 0 Å². The Balaban J connectivity index is 1.84. The first-order valence-electron chi connectivity index (χ1n) is 11.4. The fourth-order valence-electron chi connectivity index (χ4n) is 4.52. The molecule has 0 aromatic carbocycles. The SMILES string of the molecule is CC(=O)C1(O[C@H]2[C@H](O)[C@@H](O)C(O[C@H]3[C@H](O)[C@@H](O)[C@@H](O)O[C@@H]3CO)O[C@@H]2CO)O[C@H](CO)[C@@H](O)[C@H](O)[C@H]1O. The molecule has 11 N–H and O–H groups in total. The first-order chi connectivity index (χ1) is 17.3. The van der Waals surface area contributed by atoms with Crippen molar-refractivity contribution in [3.8, 4) is 0 Å². The maximum absolute atomic E-state index is 12.5. The van der Waals surface area contributed by atoms with Gasteiger partial charge in [-0.05, 0) is 0 Å². The van der Waals surface area contributed by atoms with Gasteiger partial charge in [0.2, 0.25) is 0 Å². The van der Waals surface area contributed by atoms with Crippen molar-refractivity contribution in [3.63, 3.8) is 0 Å². The number of rotatable bonds is 8. The standard InChI is InChI=1S/C20H34O17/c1-5(24)20(17(31)12(28)9(25)6(2-21)36-20)37-16-8(4-23)34-19(14(30)11(16)27)35-15-7(3-22)33-18(32)13(29)10(15)26/h6-19,21-23,25-32H,2-4H2,1H3/t6-,7-,8-,9-,10-,11-,12+,13-,14-,15-,16-,17-,18+,19?,20?/m1/s1. The topological polar surface area (TPSA) is 286 Å². The van der Waals surface area contributed by atoms with Crippen LogP contribution in [0.25, 0.3) is 0 Å². The van der Waals surface area contributed by atoms with Crippen molar-refractivity contribution < 1.29 is 84.7 Å². The van der Waals surface area contributed by atoms with Crippen molar-refractivity contribution in [1.29, 1.82) is 0 Å². The quantitative estimate of drug-likeness (QED) is 0.135. The van der Waals surface area contributed by atoms with Gasteiger partial charge in [0.1, 0.15) is 73.2 Å². The molecule has 0 amide bonds. The molecule has 3 fully saturated rings. The molecule has 0 spiro atoms. The molecule has 0 aromatic rings. The molecule has 17 nitrogen and oxygen atoms in total. The van der Waals surface area contributed by atoms with E-state index in [4.69, 9.17) is 23.7 Å². The molecule has 3 saturated heterocycles. The van der Waals surface area contributed by atoms with E-state index in [1.807, 2.05) is 0 Å². The average Bonchev–Trinajstić information content (AvgIpc) is 2.88. The third kappa shape index (κ3) is 5.54. The number of hydrogen-bond donors (Lipinski definition) is 11. The molecule has 0 radical (unpaired) electrons. The predicted octanol–water partition coefficient (Wildman–Crippen LogP) is -7.61. The summed E-state index contributed by atoms with van der Waals surface area (Å²) in [5, 5.41) is 111. The van der Waals surface area contributed by atoms with Gasteiger partial charge in [-0.15, -0.1) is 0 Å². The second-order valence-electron chi connectivity index (χ2n) is 9.11. The van der Waals surface area contributed by atoms with Crippen molar-refractivity contribution in [1.82, 2.24) is 0 Å². The minimum Gasteiger partial charge on any atom is -0.394 e. The van der Waals surface area contributed by atoms with Crippen molar-refractivity contribution in [2.24, 2.45) is 0 Å². The molecule has 0 aliphatic carbocycles. The number of carbonyl (C=O) groups is 1. The first kappa shape index (κ1) is 30.6. The molecule has 15 atom stereocenters. The second-order valence-corrected chi connectivity index (χ2v) is 9.11. The lowest BCUT2D eigenvalue weighted by atomic mass is 9.89. The smallest absolute Gasteiger partial charge is 0.259 e. The molecule has 216 valence electrons. The van der Waals surface area contributed by atoms with E-state index in [0.29, 0.717) is 0 Å². The lowest BCUT2D eigenvalue weighted by Gasteiger charge is -2.51. The highest BCUT2D eigenvalue weighted by Gasteiger charge is 2.61. The maximum Gasteiger partial charge on any atom is 0.259 e. The van der Waals surface area contributed by atoms with E-state index in [2.05, 4.69) is 0 Å². The summed E-state index contributed by atoms with van der Waals surface area (Å²) in [5.41, 5.74) is 0. The van der Waals surface area contributed by atoms with Gasteiger partial charge >= 0.3 is 0 Å². The Morgan fingerprint density at radius 1 is 0.703 bits per heavy atom. The number of Topliss-reactive ketones (excluding diaryl/α,β-unsaturated/α-hetero) is 1. The van der Waals surface area contributed by atoms with E-state index in [1.54, 1.807) is 0 Å². The fourth-order valence-corrected chi connectivity index (χ4v) is 4.52. The van der Waals surface area contributed by atoms with Gasteiger partial charge in [0.25, 0.3) is 5.79 Å². The molecule has 3 rings (SSSR count). The highest BCUT2D eigenvalue weighted by atomic mass is 16.8. The van der Waals surface area contributed by atoms with Crippen LogP contribution in [0.1, 0.15) is 6.92 Å². The lowest BCUT2D eigenvalue weighted by Crippen LogP contribution is -2.72. The minimum atomic E-state index is -2.78. The predicted molar refractivity (Wildman–Crippen MR) is 111 cm³/mol. The van der Waals surface area contributed by atoms with E-state index >= 15 is 0 Å². The third-order valence-electron chi connectivity index (χ3n) is 6.70. The van der Waals surface area contributed by atoms with Gasteiger partial charge < -0.3 is 79.9 Å². The second kappa shape index (κ2) is 12.0. The maximum atomic E-state index is 12.5. The summed E-state index contributed by atoms with van der Waals surface area (Å²) in [4.78, 5) is 12.5. The van der Waals surface area contributed by atoms with Gasteiger partial charge in [0.05, 0.1) is 19.8 Å². The normalized spacial score (nSPS) is 51.1. The van der Waals surface area contributed by atoms with Crippen LogP contribution < -0.4 is 0 Å². The Morgan fingerprint density at radius 3 is 1.78 bits per heavy atom. The molecule has 3 aliphatic rings. The number of ketones is 1. The average molecular weight is 546 g/mol. The fraction of sp³-hybridized carbons (Fsp3) is 0.950. The molecule has 2 unspecified atom stereocenters. The van der Waals surface area contributed by atoms with Crippen molar-refractivity contribution >= 4 is 5.78 Å². The molecule has 3 aliphatic heterocycles. The molecule has 37 heavy (non-hydrogen) atoms. The van der Waals surface area contributed by atoms with Crippen molar-refractivity contribution in [2.45, 2.75) is 98.5 Å². The Morgan fingerprint density at radius 2 is 1.24 bits per heavy atom. The lowest BCUT2D eigenvalue weighted by molar-refractivity contribution is -0.396. The Bertz CT molecular complexity index is 765. The van der Waals surface area contributed by atoms with Crippen LogP contribution in [0.3, 0.4) is 0 Å². The summed E-state index contributed by atoms with van der Waals surface area (Å²) in [7, 11) is 0. The van der Waals surface area contributed by atoms with E-state index in [-0.39, 0.29) is 0 Å². The molecule has 0 saturated carbocycles. The summed E-state index contributed by atoms with van der Waals surface area (Å²) in [6, 6.07) is 0. The molecular formula is C20H34O17.